The van der Waals surface area contributed by atoms with Crippen molar-refractivity contribution >= 4 is 17.7 Å². The van der Waals surface area contributed by atoms with Gasteiger partial charge in [0.25, 0.3) is 5.89 Å². The molecule has 8 atom stereocenters. The highest BCUT2D eigenvalue weighted by Crippen LogP contribution is 2.77. The van der Waals surface area contributed by atoms with Crippen LogP contribution in [0.1, 0.15) is 132 Å². The van der Waals surface area contributed by atoms with Gasteiger partial charge in [-0.1, -0.05) is 54.0 Å². The van der Waals surface area contributed by atoms with E-state index in [1.165, 1.54) is 5.57 Å². The second kappa shape index (κ2) is 13.0. The Morgan fingerprint density at radius 1 is 0.963 bits per heavy atom. The normalized spacial score (nSPS) is 35.9. The topological polar surface area (TPSA) is 142 Å². The van der Waals surface area contributed by atoms with Gasteiger partial charge in [0.05, 0.1) is 25.1 Å². The van der Waals surface area contributed by atoms with Gasteiger partial charge in [-0.3, -0.25) is 14.4 Å². The maximum Gasteiger partial charge on any atom is 0.309 e. The van der Waals surface area contributed by atoms with E-state index in [9.17, 15) is 19.5 Å². The lowest BCUT2D eigenvalue weighted by Gasteiger charge is -2.72. The van der Waals surface area contributed by atoms with Crippen LogP contribution in [-0.4, -0.2) is 51.2 Å². The Kier molecular flexibility index (Phi) is 9.32. The molecule has 10 nitrogen and oxygen atoms in total. The SMILES string of the molecule is COc1ccc(-c2nnc(C[C@@]34CC[C@]5(C)[C@H](CC[C@@H]6[C@@]7(C)CC[C@H](OC(=O)CC(C)(C)C(=O)O)C(C)(C)[C@@H]7CC[C@]65C)C3=C(C(C)C)C(=O)C4)o2)nc1. The first-order valence-electron chi connectivity index (χ1n) is 20.3. The Labute approximate surface area is 320 Å². The zero-order valence-corrected chi connectivity index (χ0v) is 34.1. The zero-order chi connectivity index (χ0) is 39.2. The predicted molar refractivity (Wildman–Crippen MR) is 203 cm³/mol. The third-order valence-electron chi connectivity index (χ3n) is 16.1. The molecule has 54 heavy (non-hydrogen) atoms. The molecule has 0 bridgehead atoms. The van der Waals surface area contributed by atoms with Gasteiger partial charge >= 0.3 is 11.9 Å². The summed E-state index contributed by atoms with van der Waals surface area (Å²) in [4.78, 5) is 43.4. The van der Waals surface area contributed by atoms with E-state index in [2.05, 4.69) is 63.6 Å². The van der Waals surface area contributed by atoms with Crippen LogP contribution >= 0.6 is 0 Å². The fourth-order valence-electron chi connectivity index (χ4n) is 13.1. The Morgan fingerprint density at radius 2 is 1.70 bits per heavy atom. The van der Waals surface area contributed by atoms with Crippen LogP contribution in [0.15, 0.2) is 33.9 Å². The molecule has 4 fully saturated rings. The van der Waals surface area contributed by atoms with Crippen LogP contribution in [-0.2, 0) is 25.5 Å². The number of carboxylic acid groups (broad SMARTS) is 1. The number of hydrogen-bond acceptors (Lipinski definition) is 9. The van der Waals surface area contributed by atoms with Gasteiger partial charge in [0, 0.05) is 23.7 Å². The number of pyridine rings is 1. The number of carboxylic acids is 1. The molecule has 2 aromatic rings. The highest BCUT2D eigenvalue weighted by Gasteiger charge is 2.70. The summed E-state index contributed by atoms with van der Waals surface area (Å²) in [7, 11) is 1.61. The smallest absolute Gasteiger partial charge is 0.309 e. The van der Waals surface area contributed by atoms with Gasteiger partial charge in [-0.15, -0.1) is 10.2 Å². The van der Waals surface area contributed by atoms with Crippen molar-refractivity contribution < 1.29 is 33.4 Å². The molecule has 294 valence electrons. The molecular formula is C44H61N3O7. The molecule has 0 saturated heterocycles. The van der Waals surface area contributed by atoms with Crippen LogP contribution in [0.5, 0.6) is 5.75 Å². The first-order chi connectivity index (χ1) is 25.2. The van der Waals surface area contributed by atoms with E-state index in [4.69, 9.17) is 13.9 Å². The van der Waals surface area contributed by atoms with Crippen molar-refractivity contribution in [3.63, 3.8) is 0 Å². The molecule has 1 N–H and O–H groups in total. The summed E-state index contributed by atoms with van der Waals surface area (Å²) in [5.74, 6) is 1.76. The van der Waals surface area contributed by atoms with E-state index in [0.29, 0.717) is 53.8 Å². The molecule has 0 amide bonds. The van der Waals surface area contributed by atoms with Gasteiger partial charge in [0.15, 0.2) is 5.78 Å². The summed E-state index contributed by atoms with van der Waals surface area (Å²) in [6.07, 6.45) is 10.3. The number of aliphatic carboxylic acids is 1. The lowest BCUT2D eigenvalue weighted by molar-refractivity contribution is -0.233. The van der Waals surface area contributed by atoms with Crippen LogP contribution in [0.25, 0.3) is 11.6 Å². The van der Waals surface area contributed by atoms with E-state index in [1.54, 1.807) is 27.2 Å². The molecule has 2 aromatic heterocycles. The van der Waals surface area contributed by atoms with E-state index < -0.39 is 17.4 Å². The van der Waals surface area contributed by atoms with Crippen molar-refractivity contribution in [2.45, 2.75) is 139 Å². The third-order valence-corrected chi connectivity index (χ3v) is 16.1. The van der Waals surface area contributed by atoms with Crippen molar-refractivity contribution in [1.82, 2.24) is 15.2 Å². The number of fused-ring (bicyclic) bond motifs is 7. The maximum atomic E-state index is 14.1. The van der Waals surface area contributed by atoms with E-state index >= 15 is 0 Å². The Bertz CT molecular complexity index is 1860. The number of aromatic nitrogens is 3. The number of rotatable bonds is 9. The van der Waals surface area contributed by atoms with E-state index in [-0.39, 0.29) is 51.3 Å². The maximum absolute atomic E-state index is 14.1. The highest BCUT2D eigenvalue weighted by molar-refractivity contribution is 6.00. The van der Waals surface area contributed by atoms with Gasteiger partial charge in [0.1, 0.15) is 17.5 Å². The van der Waals surface area contributed by atoms with Crippen molar-refractivity contribution in [2.75, 3.05) is 7.11 Å². The van der Waals surface area contributed by atoms with E-state index in [0.717, 1.165) is 56.9 Å². The molecule has 0 aliphatic heterocycles. The summed E-state index contributed by atoms with van der Waals surface area (Å²) in [6.45, 7) is 19.7. The second-order valence-electron chi connectivity index (χ2n) is 19.9. The molecule has 0 unspecified atom stereocenters. The summed E-state index contributed by atoms with van der Waals surface area (Å²) in [5.41, 5.74) is 1.42. The van der Waals surface area contributed by atoms with Gasteiger partial charge in [-0.05, 0) is 123 Å². The molecule has 0 aromatic carbocycles. The number of ether oxygens (including phenoxy) is 2. The average molecular weight is 744 g/mol. The van der Waals surface area contributed by atoms with Crippen molar-refractivity contribution in [2.24, 2.45) is 56.2 Å². The lowest BCUT2D eigenvalue weighted by atomic mass is 9.33. The number of methoxy groups -OCH3 is 1. The largest absolute Gasteiger partial charge is 0.495 e. The fourth-order valence-corrected chi connectivity index (χ4v) is 13.1. The fraction of sp³-hybridized carbons (Fsp3) is 0.727. The molecule has 0 radical (unpaired) electrons. The molecule has 4 saturated carbocycles. The number of carbonyl (C=O) groups excluding carboxylic acids is 2. The number of nitrogens with zero attached hydrogens (tertiary/aromatic N) is 3. The summed E-state index contributed by atoms with van der Waals surface area (Å²) >= 11 is 0. The highest BCUT2D eigenvalue weighted by atomic mass is 16.5. The monoisotopic (exact) mass is 743 g/mol. The molecule has 5 aliphatic rings. The number of allylic oxidation sites excluding steroid dienone is 2. The minimum absolute atomic E-state index is 0.0103. The van der Waals surface area contributed by atoms with Gasteiger partial charge < -0.3 is 19.0 Å². The second-order valence-corrected chi connectivity index (χ2v) is 19.9. The van der Waals surface area contributed by atoms with Crippen molar-refractivity contribution in [3.8, 4) is 17.3 Å². The Balaban J connectivity index is 1.17. The van der Waals surface area contributed by atoms with E-state index in [1.807, 2.05) is 12.1 Å². The predicted octanol–water partition coefficient (Wildman–Crippen LogP) is 9.08. The van der Waals surface area contributed by atoms with Crippen LogP contribution in [0.2, 0.25) is 0 Å². The van der Waals surface area contributed by atoms with Crippen LogP contribution in [0.3, 0.4) is 0 Å². The first-order valence-corrected chi connectivity index (χ1v) is 20.3. The number of carbonyl (C=O) groups is 3. The summed E-state index contributed by atoms with van der Waals surface area (Å²) in [6, 6.07) is 3.65. The van der Waals surface area contributed by atoms with Gasteiger partial charge in [-0.2, -0.15) is 0 Å². The standard InChI is InChI=1S/C44H61N3O7/c1-25(2)35-29(48)21-44(22-33-46-47-37(54-33)28-13-11-26(52-10)24-45-28)20-19-42(8)27(36(35)44)12-14-31-41(7)17-16-32(53-34(49)23-39(3,4)38(50)51)40(5,6)30(41)15-18-43(31,42)9/h11,13,24-25,27,30-32H,12,14-23H2,1-10H3,(H,50,51)/t27-,30+,31-,32+,41+,42-,43-,44+/m1/s1. The van der Waals surface area contributed by atoms with Gasteiger partial charge in [-0.25, -0.2) is 4.98 Å². The molecule has 7 rings (SSSR count). The Morgan fingerprint density at radius 3 is 2.35 bits per heavy atom. The minimum Gasteiger partial charge on any atom is -0.495 e. The number of esters is 1. The summed E-state index contributed by atoms with van der Waals surface area (Å²) in [5, 5.41) is 18.5. The quantitative estimate of drug-likeness (QED) is 0.247. The zero-order valence-electron chi connectivity index (χ0n) is 34.1. The first kappa shape index (κ1) is 38.7. The average Bonchev–Trinajstić information content (AvgIpc) is 3.67. The molecule has 0 spiro atoms. The third kappa shape index (κ3) is 5.77. The molecule has 10 heteroatoms. The van der Waals surface area contributed by atoms with Crippen LogP contribution in [0.4, 0.5) is 0 Å². The summed E-state index contributed by atoms with van der Waals surface area (Å²) < 4.78 is 17.7. The number of Topliss-reactive ketones (excluding diaryl/α,β-unsaturated/α-hetero) is 1. The lowest BCUT2D eigenvalue weighted by Crippen LogP contribution is -2.65. The molecule has 5 aliphatic carbocycles. The molecule has 2 heterocycles. The van der Waals surface area contributed by atoms with Crippen molar-refractivity contribution in [1.29, 1.82) is 0 Å². The van der Waals surface area contributed by atoms with Crippen molar-refractivity contribution in [3.05, 3.63) is 35.4 Å². The number of hydrogen-bond donors (Lipinski definition) is 1. The Hall–Kier alpha value is -3.56. The number of ketones is 1. The van der Waals surface area contributed by atoms with Gasteiger partial charge in [0.2, 0.25) is 5.89 Å². The minimum atomic E-state index is -1.17. The van der Waals surface area contributed by atoms with Crippen LogP contribution in [0, 0.1) is 56.2 Å². The molecular weight excluding hydrogens is 682 g/mol. The van der Waals surface area contributed by atoms with Crippen LogP contribution < -0.4 is 4.74 Å².